The van der Waals surface area contributed by atoms with Crippen molar-refractivity contribution in [1.29, 1.82) is 0 Å². The predicted molar refractivity (Wildman–Crippen MR) is 123 cm³/mol. The number of unbranched alkanes of at least 4 members (excludes halogenated alkanes) is 1. The van der Waals surface area contributed by atoms with Gasteiger partial charge in [-0.05, 0) is 60.0 Å². The molecule has 0 unspecified atom stereocenters. The van der Waals surface area contributed by atoms with Crippen LogP contribution in [0.2, 0.25) is 0 Å². The summed E-state index contributed by atoms with van der Waals surface area (Å²) in [5, 5.41) is 11.1. The van der Waals surface area contributed by atoms with Gasteiger partial charge in [0, 0.05) is 36.9 Å². The fourth-order valence-corrected chi connectivity index (χ4v) is 3.82. The van der Waals surface area contributed by atoms with E-state index < -0.39 is 17.7 Å². The highest BCUT2D eigenvalue weighted by atomic mass is 16.5. The van der Waals surface area contributed by atoms with Crippen LogP contribution in [0, 0.1) is 0 Å². The van der Waals surface area contributed by atoms with E-state index in [1.54, 1.807) is 67.3 Å². The molecule has 1 N–H and O–H groups in total. The Morgan fingerprint density at radius 1 is 1.03 bits per heavy atom. The van der Waals surface area contributed by atoms with Crippen LogP contribution >= 0.6 is 0 Å². The van der Waals surface area contributed by atoms with Crippen LogP contribution in [0.15, 0.2) is 78.9 Å². The van der Waals surface area contributed by atoms with Crippen LogP contribution in [-0.4, -0.2) is 38.3 Å². The van der Waals surface area contributed by atoms with Gasteiger partial charge in [-0.25, -0.2) is 0 Å². The molecule has 1 aliphatic rings. The number of ether oxygens (including phenoxy) is 1. The zero-order valence-corrected chi connectivity index (χ0v) is 18.3. The first-order valence-corrected chi connectivity index (χ1v) is 10.9. The average Bonchev–Trinajstić information content (AvgIpc) is 3.10. The van der Waals surface area contributed by atoms with Gasteiger partial charge >= 0.3 is 0 Å². The molecule has 2 aromatic heterocycles. The summed E-state index contributed by atoms with van der Waals surface area (Å²) in [5.74, 6) is -0.921. The van der Waals surface area contributed by atoms with Crippen molar-refractivity contribution in [2.75, 3.05) is 6.61 Å². The van der Waals surface area contributed by atoms with Crippen LogP contribution in [0.1, 0.15) is 42.5 Å². The molecule has 3 aromatic rings. The van der Waals surface area contributed by atoms with Gasteiger partial charge in [0.2, 0.25) is 0 Å². The zero-order valence-electron chi connectivity index (χ0n) is 18.3. The van der Waals surface area contributed by atoms with Crippen LogP contribution < -0.4 is 4.74 Å². The van der Waals surface area contributed by atoms with Gasteiger partial charge in [-0.2, -0.15) is 0 Å². The quantitative estimate of drug-likeness (QED) is 0.242. The summed E-state index contributed by atoms with van der Waals surface area (Å²) in [7, 11) is 0. The van der Waals surface area contributed by atoms with E-state index in [1.807, 2.05) is 6.07 Å². The molecule has 0 bridgehead atoms. The Hall–Kier alpha value is -4.00. The molecule has 1 fully saturated rings. The van der Waals surface area contributed by atoms with Gasteiger partial charge in [0.15, 0.2) is 0 Å². The third kappa shape index (κ3) is 4.77. The Kier molecular flexibility index (Phi) is 6.78. The van der Waals surface area contributed by atoms with Crippen LogP contribution in [0.25, 0.3) is 5.76 Å². The van der Waals surface area contributed by atoms with Crippen molar-refractivity contribution >= 4 is 17.4 Å². The molecule has 1 amide bonds. The molecule has 0 aliphatic carbocycles. The van der Waals surface area contributed by atoms with Gasteiger partial charge < -0.3 is 14.7 Å². The van der Waals surface area contributed by atoms with Crippen molar-refractivity contribution in [3.63, 3.8) is 0 Å². The second-order valence-corrected chi connectivity index (χ2v) is 7.80. The first-order valence-electron chi connectivity index (χ1n) is 10.9. The molecule has 1 aromatic carbocycles. The topological polar surface area (TPSA) is 92.6 Å². The number of rotatable bonds is 8. The number of hydrogen-bond acceptors (Lipinski definition) is 6. The minimum Gasteiger partial charge on any atom is -0.507 e. The molecular weight excluding hydrogens is 418 g/mol. The number of carbonyl (C=O) groups is 2. The van der Waals surface area contributed by atoms with Crippen molar-refractivity contribution in [3.8, 4) is 5.75 Å². The molecule has 4 rings (SSSR count). The summed E-state index contributed by atoms with van der Waals surface area (Å²) < 4.78 is 5.68. The van der Waals surface area contributed by atoms with Crippen molar-refractivity contribution in [3.05, 3.63) is 95.6 Å². The summed E-state index contributed by atoms with van der Waals surface area (Å²) in [6, 6.07) is 13.2. The van der Waals surface area contributed by atoms with E-state index in [2.05, 4.69) is 16.9 Å². The smallest absolute Gasteiger partial charge is 0.295 e. The Bertz CT molecular complexity index is 1150. The Morgan fingerprint density at radius 2 is 1.79 bits per heavy atom. The predicted octanol–water partition coefficient (Wildman–Crippen LogP) is 4.28. The van der Waals surface area contributed by atoms with Gasteiger partial charge in [-0.15, -0.1) is 0 Å². The molecule has 7 heteroatoms. The number of ketones is 1. The van der Waals surface area contributed by atoms with Gasteiger partial charge in [0.1, 0.15) is 11.5 Å². The standard InChI is InChI=1S/C26H25N3O4/c1-2-3-15-33-21-8-6-20(7-9-21)24(30)22-23(19-10-13-27-14-11-19)29(26(32)25(22)31)17-18-5-4-12-28-16-18/h4-14,16,23,30H,2-3,15,17H2,1H3/t23-/m1/s1. The molecule has 1 aliphatic heterocycles. The lowest BCUT2D eigenvalue weighted by Crippen LogP contribution is -2.29. The van der Waals surface area contributed by atoms with Crippen LogP contribution in [-0.2, 0) is 16.1 Å². The van der Waals surface area contributed by atoms with Gasteiger partial charge in [-0.3, -0.25) is 19.6 Å². The van der Waals surface area contributed by atoms with Crippen molar-refractivity contribution in [2.45, 2.75) is 32.4 Å². The van der Waals surface area contributed by atoms with Crippen LogP contribution in [0.5, 0.6) is 5.75 Å². The lowest BCUT2D eigenvalue weighted by molar-refractivity contribution is -0.140. The Morgan fingerprint density at radius 3 is 2.45 bits per heavy atom. The van der Waals surface area contributed by atoms with Crippen molar-refractivity contribution in [2.24, 2.45) is 0 Å². The molecule has 7 nitrogen and oxygen atoms in total. The number of pyridine rings is 2. The summed E-state index contributed by atoms with van der Waals surface area (Å²) >= 11 is 0. The average molecular weight is 444 g/mol. The second kappa shape index (κ2) is 10.1. The monoisotopic (exact) mass is 443 g/mol. The molecule has 1 atom stereocenters. The zero-order chi connectivity index (χ0) is 23.2. The van der Waals surface area contributed by atoms with Crippen molar-refractivity contribution in [1.82, 2.24) is 14.9 Å². The normalized spacial score (nSPS) is 17.4. The minimum absolute atomic E-state index is 0.0507. The van der Waals surface area contributed by atoms with E-state index >= 15 is 0 Å². The lowest BCUT2D eigenvalue weighted by Gasteiger charge is -2.25. The highest BCUT2D eigenvalue weighted by Gasteiger charge is 2.46. The van der Waals surface area contributed by atoms with E-state index in [1.165, 1.54) is 4.90 Å². The fraction of sp³-hybridized carbons (Fsp3) is 0.231. The molecule has 0 saturated carbocycles. The Labute approximate surface area is 192 Å². The van der Waals surface area contributed by atoms with E-state index in [-0.39, 0.29) is 17.9 Å². The molecule has 1 saturated heterocycles. The summed E-state index contributed by atoms with van der Waals surface area (Å²) in [4.78, 5) is 35.7. The molecule has 0 spiro atoms. The molecule has 168 valence electrons. The summed E-state index contributed by atoms with van der Waals surface area (Å²) in [6.45, 7) is 2.89. The third-order valence-electron chi connectivity index (χ3n) is 5.53. The van der Waals surface area contributed by atoms with Crippen LogP contribution in [0.3, 0.4) is 0 Å². The number of amides is 1. The number of nitrogens with zero attached hydrogens (tertiary/aromatic N) is 3. The maximum atomic E-state index is 13.1. The molecule has 3 heterocycles. The van der Waals surface area contributed by atoms with E-state index in [9.17, 15) is 14.7 Å². The maximum Gasteiger partial charge on any atom is 0.295 e. The Balaban J connectivity index is 1.72. The van der Waals surface area contributed by atoms with E-state index in [4.69, 9.17) is 4.74 Å². The van der Waals surface area contributed by atoms with Gasteiger partial charge in [-0.1, -0.05) is 19.4 Å². The number of benzene rings is 1. The number of Topliss-reactive ketones (excluding diaryl/α,β-unsaturated/α-hetero) is 1. The van der Waals surface area contributed by atoms with E-state index in [0.29, 0.717) is 23.5 Å². The lowest BCUT2D eigenvalue weighted by atomic mass is 9.96. The molecule has 33 heavy (non-hydrogen) atoms. The van der Waals surface area contributed by atoms with Gasteiger partial charge in [0.05, 0.1) is 18.2 Å². The fourth-order valence-electron chi connectivity index (χ4n) is 3.82. The summed E-state index contributed by atoms with van der Waals surface area (Å²) in [5.41, 5.74) is 1.97. The molecular formula is C26H25N3O4. The minimum atomic E-state index is -0.742. The first kappa shape index (κ1) is 22.2. The number of aliphatic hydroxyl groups excluding tert-OH is 1. The van der Waals surface area contributed by atoms with Gasteiger partial charge in [0.25, 0.3) is 11.7 Å². The largest absolute Gasteiger partial charge is 0.507 e. The number of likely N-dealkylation sites (tertiary alicyclic amines) is 1. The number of carbonyl (C=O) groups excluding carboxylic acids is 2. The highest BCUT2D eigenvalue weighted by Crippen LogP contribution is 2.40. The van der Waals surface area contributed by atoms with Crippen LogP contribution in [0.4, 0.5) is 0 Å². The second-order valence-electron chi connectivity index (χ2n) is 7.80. The number of aromatic nitrogens is 2. The summed E-state index contributed by atoms with van der Waals surface area (Å²) in [6.07, 6.45) is 8.48. The third-order valence-corrected chi connectivity index (χ3v) is 5.53. The van der Waals surface area contributed by atoms with E-state index in [0.717, 1.165) is 18.4 Å². The highest BCUT2D eigenvalue weighted by molar-refractivity contribution is 6.46. The van der Waals surface area contributed by atoms with Crippen molar-refractivity contribution < 1.29 is 19.4 Å². The number of aliphatic hydroxyl groups is 1. The first-order chi connectivity index (χ1) is 16.1. The maximum absolute atomic E-state index is 13.1. The SMILES string of the molecule is CCCCOc1ccc(C(O)=C2C(=O)C(=O)N(Cc3cccnc3)[C@@H]2c2ccncc2)cc1. The number of hydrogen-bond donors (Lipinski definition) is 1. The molecule has 0 radical (unpaired) electrons.